The van der Waals surface area contributed by atoms with Gasteiger partial charge in [-0.25, -0.2) is 9.78 Å². The molecule has 0 spiro atoms. The van der Waals surface area contributed by atoms with Crippen LogP contribution in [0.5, 0.6) is 0 Å². The van der Waals surface area contributed by atoms with Gasteiger partial charge in [0.25, 0.3) is 5.91 Å². The molecule has 1 saturated carbocycles. The van der Waals surface area contributed by atoms with Crippen LogP contribution >= 0.6 is 22.7 Å². The molecule has 8 heteroatoms. The van der Waals surface area contributed by atoms with Crippen LogP contribution in [0.4, 0.5) is 0 Å². The Balaban J connectivity index is 1.65. The van der Waals surface area contributed by atoms with Gasteiger partial charge in [0, 0.05) is 24.0 Å². The van der Waals surface area contributed by atoms with Gasteiger partial charge in [0.2, 0.25) is 0 Å². The van der Waals surface area contributed by atoms with Crippen molar-refractivity contribution in [3.63, 3.8) is 0 Å². The molecule has 192 valence electrons. The van der Waals surface area contributed by atoms with Gasteiger partial charge in [-0.15, -0.1) is 22.7 Å². The summed E-state index contributed by atoms with van der Waals surface area (Å²) in [6.45, 7) is 11.1. The normalized spacial score (nSPS) is 21.1. The molecule has 2 aromatic heterocycles. The number of amides is 1. The molecule has 2 aromatic rings. The molecule has 0 unspecified atom stereocenters. The Hall–Kier alpha value is -2.47. The average Bonchev–Trinajstić information content (AvgIpc) is 3.53. The van der Waals surface area contributed by atoms with Crippen molar-refractivity contribution >= 4 is 40.1 Å². The summed E-state index contributed by atoms with van der Waals surface area (Å²) in [5.41, 5.74) is 4.70. The lowest BCUT2D eigenvalue weighted by atomic mass is 9.75. The summed E-state index contributed by atoms with van der Waals surface area (Å²) >= 11 is 2.60. The highest BCUT2D eigenvalue weighted by Crippen LogP contribution is 2.42. The number of carbonyl (C=O) groups is 2. The Morgan fingerprint density at radius 1 is 1.28 bits per heavy atom. The number of carbonyl (C=O) groups excluding carboxylic acids is 1. The molecule has 36 heavy (non-hydrogen) atoms. The van der Waals surface area contributed by atoms with Crippen LogP contribution in [0.15, 0.2) is 22.5 Å². The van der Waals surface area contributed by atoms with Gasteiger partial charge in [-0.3, -0.25) is 9.69 Å². The third-order valence-corrected chi connectivity index (χ3v) is 8.88. The lowest BCUT2D eigenvalue weighted by Gasteiger charge is -2.36. The fourth-order valence-corrected chi connectivity index (χ4v) is 6.57. The highest BCUT2D eigenvalue weighted by molar-refractivity contribution is 7.14. The van der Waals surface area contributed by atoms with E-state index in [-0.39, 0.29) is 5.91 Å². The number of rotatable bonds is 6. The van der Waals surface area contributed by atoms with Crippen molar-refractivity contribution in [2.24, 2.45) is 11.8 Å². The largest absolute Gasteiger partial charge is 0.477 e. The van der Waals surface area contributed by atoms with Gasteiger partial charge in [0.05, 0.1) is 15.9 Å². The summed E-state index contributed by atoms with van der Waals surface area (Å²) in [5, 5.41) is 14.7. The van der Waals surface area contributed by atoms with Gasteiger partial charge < -0.3 is 10.4 Å². The molecule has 3 heterocycles. The Bertz CT molecular complexity index is 1190. The van der Waals surface area contributed by atoms with E-state index in [4.69, 9.17) is 0 Å². The zero-order valence-corrected chi connectivity index (χ0v) is 23.2. The summed E-state index contributed by atoms with van der Waals surface area (Å²) in [5.74, 6) is 6.41. The quantitative estimate of drug-likeness (QED) is 0.468. The van der Waals surface area contributed by atoms with Crippen LogP contribution in [0.3, 0.4) is 0 Å². The van der Waals surface area contributed by atoms with Crippen molar-refractivity contribution in [2.75, 3.05) is 19.6 Å². The van der Waals surface area contributed by atoms with Gasteiger partial charge >= 0.3 is 5.97 Å². The highest BCUT2D eigenvalue weighted by atomic mass is 32.1. The molecule has 0 radical (unpaired) electrons. The van der Waals surface area contributed by atoms with E-state index >= 15 is 0 Å². The van der Waals surface area contributed by atoms with Crippen LogP contribution in [0.25, 0.3) is 5.57 Å². The number of aromatic nitrogens is 1. The number of hydrogen-bond acceptors (Lipinski definition) is 6. The van der Waals surface area contributed by atoms with E-state index in [2.05, 4.69) is 40.9 Å². The molecular formula is C28H35N3O3S2. The Morgan fingerprint density at radius 2 is 2.03 bits per heavy atom. The smallest absolute Gasteiger partial charge is 0.346 e. The third kappa shape index (κ3) is 6.26. The number of likely N-dealkylation sites (N-methyl/N-ethyl adjacent to an activating group) is 1. The lowest BCUT2D eigenvalue weighted by molar-refractivity contribution is 0.0701. The second-order valence-electron chi connectivity index (χ2n) is 10.4. The number of thiazole rings is 1. The summed E-state index contributed by atoms with van der Waals surface area (Å²) in [7, 11) is 0. The minimum absolute atomic E-state index is 0.270. The van der Waals surface area contributed by atoms with Crippen molar-refractivity contribution in [3.8, 4) is 11.8 Å². The fourth-order valence-electron chi connectivity index (χ4n) is 5.16. The SMILES string of the molecule is CCN1CCC(c2cc(C#CC(C)(C)NC(=O)c3cscn3)sc2C(=O)O)=C(C2CCC(C)CC2)C1. The molecule has 0 saturated heterocycles. The number of hydrogen-bond donors (Lipinski definition) is 2. The number of nitrogens with zero attached hydrogens (tertiary/aromatic N) is 2. The third-order valence-electron chi connectivity index (χ3n) is 7.26. The highest BCUT2D eigenvalue weighted by Gasteiger charge is 2.30. The molecule has 0 atom stereocenters. The first kappa shape index (κ1) is 26.6. The van der Waals surface area contributed by atoms with E-state index in [1.165, 1.54) is 59.5 Å². The molecule has 1 aliphatic heterocycles. The van der Waals surface area contributed by atoms with Crippen molar-refractivity contribution in [3.05, 3.63) is 43.5 Å². The first-order valence-electron chi connectivity index (χ1n) is 12.7. The van der Waals surface area contributed by atoms with E-state index in [0.717, 1.165) is 37.5 Å². The zero-order valence-electron chi connectivity index (χ0n) is 21.5. The van der Waals surface area contributed by atoms with E-state index in [0.29, 0.717) is 21.4 Å². The van der Waals surface area contributed by atoms with Crippen LogP contribution in [0.2, 0.25) is 0 Å². The minimum atomic E-state index is -0.902. The van der Waals surface area contributed by atoms with Crippen LogP contribution < -0.4 is 5.32 Å². The van der Waals surface area contributed by atoms with Gasteiger partial charge in [-0.1, -0.05) is 38.5 Å². The molecule has 6 nitrogen and oxygen atoms in total. The Kier molecular flexibility index (Phi) is 8.34. The average molecular weight is 526 g/mol. The lowest BCUT2D eigenvalue weighted by Crippen LogP contribution is -2.42. The van der Waals surface area contributed by atoms with E-state index < -0.39 is 11.5 Å². The van der Waals surface area contributed by atoms with E-state index in [1.54, 1.807) is 10.9 Å². The molecule has 2 aliphatic rings. The standard InChI is InChI=1S/C28H35N3O3S2/c1-5-31-13-11-21(23(15-31)19-8-6-18(2)7-9-19)22-14-20(36-25(22)27(33)34)10-12-28(3,4)30-26(32)24-16-35-17-29-24/h14,16-19H,5-9,11,13,15H2,1-4H3,(H,30,32)(H,33,34). The van der Waals surface area contributed by atoms with Gasteiger partial charge in [0.15, 0.2) is 0 Å². The molecule has 1 aliphatic carbocycles. The molecule has 1 fully saturated rings. The van der Waals surface area contributed by atoms with E-state index in [9.17, 15) is 14.7 Å². The maximum absolute atomic E-state index is 12.4. The molecule has 0 bridgehead atoms. The van der Waals surface area contributed by atoms with Gasteiger partial charge in [0.1, 0.15) is 10.6 Å². The molecule has 0 aromatic carbocycles. The number of nitrogens with one attached hydrogen (secondary N) is 1. The van der Waals surface area contributed by atoms with Crippen LogP contribution in [-0.4, -0.2) is 52.0 Å². The van der Waals surface area contributed by atoms with Crippen molar-refractivity contribution in [2.45, 2.75) is 65.3 Å². The van der Waals surface area contributed by atoms with Gasteiger partial charge in [-0.05, 0) is 68.7 Å². The Labute approximate surface area is 221 Å². The molecule has 1 amide bonds. The topological polar surface area (TPSA) is 82.5 Å². The maximum Gasteiger partial charge on any atom is 0.346 e. The number of aromatic carboxylic acids is 1. The van der Waals surface area contributed by atoms with Crippen LogP contribution in [0.1, 0.15) is 90.4 Å². The van der Waals surface area contributed by atoms with Crippen LogP contribution in [-0.2, 0) is 0 Å². The Morgan fingerprint density at radius 3 is 2.67 bits per heavy atom. The number of thiophene rings is 1. The van der Waals surface area contributed by atoms with Gasteiger partial charge in [-0.2, -0.15) is 0 Å². The second kappa shape index (κ2) is 11.3. The first-order valence-corrected chi connectivity index (χ1v) is 14.5. The van der Waals surface area contributed by atoms with Crippen molar-refractivity contribution in [1.29, 1.82) is 0 Å². The fraction of sp³-hybridized carbons (Fsp3) is 0.536. The predicted octanol–water partition coefficient (Wildman–Crippen LogP) is 5.77. The minimum Gasteiger partial charge on any atom is -0.477 e. The van der Waals surface area contributed by atoms with Crippen molar-refractivity contribution < 1.29 is 14.7 Å². The van der Waals surface area contributed by atoms with E-state index in [1.807, 2.05) is 19.9 Å². The number of carboxylic acid groups (broad SMARTS) is 1. The predicted molar refractivity (Wildman–Crippen MR) is 147 cm³/mol. The summed E-state index contributed by atoms with van der Waals surface area (Å²) in [6.07, 6.45) is 5.71. The summed E-state index contributed by atoms with van der Waals surface area (Å²) in [4.78, 5) is 32.3. The zero-order chi connectivity index (χ0) is 25.9. The molecular weight excluding hydrogens is 490 g/mol. The number of carboxylic acids is 1. The first-order chi connectivity index (χ1) is 17.2. The molecule has 4 rings (SSSR count). The van der Waals surface area contributed by atoms with Crippen LogP contribution in [0, 0.1) is 23.7 Å². The summed E-state index contributed by atoms with van der Waals surface area (Å²) < 4.78 is 0. The second-order valence-corrected chi connectivity index (χ2v) is 12.2. The summed E-state index contributed by atoms with van der Waals surface area (Å²) in [6, 6.07) is 1.96. The molecule has 2 N–H and O–H groups in total. The maximum atomic E-state index is 12.4. The van der Waals surface area contributed by atoms with Crippen molar-refractivity contribution in [1.82, 2.24) is 15.2 Å². The monoisotopic (exact) mass is 525 g/mol.